The summed E-state index contributed by atoms with van der Waals surface area (Å²) in [5.41, 5.74) is 0.255. The number of halogens is 2. The summed E-state index contributed by atoms with van der Waals surface area (Å²) >= 11 is 0. The molecule has 120 valence electrons. The van der Waals surface area contributed by atoms with Gasteiger partial charge in [-0.05, 0) is 11.6 Å². The zero-order chi connectivity index (χ0) is 16.3. The smallest absolute Gasteiger partial charge is 0.311 e. The summed E-state index contributed by atoms with van der Waals surface area (Å²) in [7, 11) is 1.32. The van der Waals surface area contributed by atoms with E-state index in [2.05, 4.69) is 10.6 Å². The minimum Gasteiger partial charge on any atom is -0.490 e. The molecule has 0 radical (unpaired) electrons. The van der Waals surface area contributed by atoms with Crippen molar-refractivity contribution < 1.29 is 23.2 Å². The van der Waals surface area contributed by atoms with E-state index in [1.165, 1.54) is 19.2 Å². The fourth-order valence-electron chi connectivity index (χ4n) is 2.20. The summed E-state index contributed by atoms with van der Waals surface area (Å²) in [6.07, 6.45) is -0.554. The molecule has 2 N–H and O–H groups in total. The lowest BCUT2D eigenvalue weighted by Gasteiger charge is -2.11. The molecule has 1 heterocycles. The molecule has 22 heavy (non-hydrogen) atoms. The maximum absolute atomic E-state index is 13.0. The van der Waals surface area contributed by atoms with E-state index in [1.54, 1.807) is 6.07 Å². The van der Waals surface area contributed by atoms with Gasteiger partial charge in [0.15, 0.2) is 5.75 Å². The van der Waals surface area contributed by atoms with Crippen LogP contribution in [-0.4, -0.2) is 36.4 Å². The minimum absolute atomic E-state index is 0.00736. The molecule has 0 aromatic heterocycles. The summed E-state index contributed by atoms with van der Waals surface area (Å²) in [5.74, 6) is -3.34. The van der Waals surface area contributed by atoms with E-state index >= 15 is 0 Å². The van der Waals surface area contributed by atoms with Crippen LogP contribution in [-0.2, 0) is 11.3 Å². The standard InChI is InChI=1S/C13H15F2N3O4/c1-22-11-3-2-8(4-10(11)18(20)21)6-16-12(19)9-5-13(14,15)7-17-9/h2-4,9,17H,5-7H2,1H3,(H,16,19). The molecule has 0 aliphatic carbocycles. The minimum atomic E-state index is -2.89. The number of alkyl halides is 2. The number of nitro benzene ring substituents is 1. The van der Waals surface area contributed by atoms with E-state index in [9.17, 15) is 23.7 Å². The molecule has 1 saturated heterocycles. The Morgan fingerprint density at radius 2 is 2.32 bits per heavy atom. The van der Waals surface area contributed by atoms with Gasteiger partial charge in [0.05, 0.1) is 24.6 Å². The van der Waals surface area contributed by atoms with E-state index in [0.717, 1.165) is 0 Å². The van der Waals surface area contributed by atoms with Gasteiger partial charge in [0, 0.05) is 19.0 Å². The first kappa shape index (κ1) is 16.1. The Labute approximate surface area is 124 Å². The molecule has 2 rings (SSSR count). The number of hydrogen-bond donors (Lipinski definition) is 2. The summed E-state index contributed by atoms with van der Waals surface area (Å²) in [6.45, 7) is -0.521. The Balaban J connectivity index is 1.98. The number of amides is 1. The van der Waals surface area contributed by atoms with Crippen molar-refractivity contribution in [1.29, 1.82) is 0 Å². The monoisotopic (exact) mass is 315 g/mol. The molecule has 1 amide bonds. The van der Waals surface area contributed by atoms with Crippen molar-refractivity contribution in [2.45, 2.75) is 24.9 Å². The van der Waals surface area contributed by atoms with Gasteiger partial charge in [-0.2, -0.15) is 0 Å². The molecule has 0 bridgehead atoms. The molecule has 1 aromatic rings. The number of nitrogens with zero attached hydrogens (tertiary/aromatic N) is 1. The molecule has 9 heteroatoms. The fourth-order valence-corrected chi connectivity index (χ4v) is 2.20. The van der Waals surface area contributed by atoms with Gasteiger partial charge in [-0.25, -0.2) is 8.78 Å². The Morgan fingerprint density at radius 3 is 2.86 bits per heavy atom. The number of nitrogens with one attached hydrogen (secondary N) is 2. The van der Waals surface area contributed by atoms with Crippen molar-refractivity contribution in [3.05, 3.63) is 33.9 Å². The van der Waals surface area contributed by atoms with E-state index in [-0.39, 0.29) is 18.0 Å². The first-order valence-corrected chi connectivity index (χ1v) is 6.52. The first-order chi connectivity index (χ1) is 10.3. The van der Waals surface area contributed by atoms with Crippen molar-refractivity contribution in [2.24, 2.45) is 0 Å². The van der Waals surface area contributed by atoms with Crippen LogP contribution in [0.4, 0.5) is 14.5 Å². The van der Waals surface area contributed by atoms with Crippen molar-refractivity contribution in [1.82, 2.24) is 10.6 Å². The molecular formula is C13H15F2N3O4. The molecular weight excluding hydrogens is 300 g/mol. The highest BCUT2D eigenvalue weighted by molar-refractivity contribution is 5.82. The number of carbonyl (C=O) groups is 1. The van der Waals surface area contributed by atoms with Gasteiger partial charge in [-0.3, -0.25) is 20.2 Å². The third-order valence-electron chi connectivity index (χ3n) is 3.33. The van der Waals surface area contributed by atoms with Crippen LogP contribution >= 0.6 is 0 Å². The zero-order valence-corrected chi connectivity index (χ0v) is 11.8. The molecule has 0 spiro atoms. The number of benzene rings is 1. The number of rotatable bonds is 5. The van der Waals surface area contributed by atoms with Crippen LogP contribution in [0.2, 0.25) is 0 Å². The van der Waals surface area contributed by atoms with Gasteiger partial charge in [-0.15, -0.1) is 0 Å². The van der Waals surface area contributed by atoms with Crippen molar-refractivity contribution in [3.8, 4) is 5.75 Å². The van der Waals surface area contributed by atoms with E-state index < -0.39 is 35.8 Å². The van der Waals surface area contributed by atoms with Crippen LogP contribution in [0.3, 0.4) is 0 Å². The second kappa shape index (κ2) is 6.22. The fraction of sp³-hybridized carbons (Fsp3) is 0.462. The van der Waals surface area contributed by atoms with Crippen LogP contribution in [0.25, 0.3) is 0 Å². The molecule has 1 aromatic carbocycles. The lowest BCUT2D eigenvalue weighted by atomic mass is 10.1. The second-order valence-electron chi connectivity index (χ2n) is 4.97. The maximum atomic E-state index is 13.0. The average molecular weight is 315 g/mol. The maximum Gasteiger partial charge on any atom is 0.311 e. The largest absolute Gasteiger partial charge is 0.490 e. The van der Waals surface area contributed by atoms with Gasteiger partial charge in [0.25, 0.3) is 5.92 Å². The second-order valence-corrected chi connectivity index (χ2v) is 4.97. The van der Waals surface area contributed by atoms with Gasteiger partial charge >= 0.3 is 5.69 Å². The van der Waals surface area contributed by atoms with Gasteiger partial charge in [0.2, 0.25) is 5.91 Å². The highest BCUT2D eigenvalue weighted by Gasteiger charge is 2.42. The summed E-state index contributed by atoms with van der Waals surface area (Å²) < 4.78 is 30.9. The van der Waals surface area contributed by atoms with Crippen LogP contribution < -0.4 is 15.4 Å². The van der Waals surface area contributed by atoms with Crippen LogP contribution in [0.5, 0.6) is 5.75 Å². The van der Waals surface area contributed by atoms with E-state index in [0.29, 0.717) is 5.56 Å². The van der Waals surface area contributed by atoms with Crippen molar-refractivity contribution in [3.63, 3.8) is 0 Å². The zero-order valence-electron chi connectivity index (χ0n) is 11.8. The number of ether oxygens (including phenoxy) is 1. The van der Waals surface area contributed by atoms with Gasteiger partial charge in [0.1, 0.15) is 0 Å². The molecule has 1 aliphatic heterocycles. The Hall–Kier alpha value is -2.29. The lowest BCUT2D eigenvalue weighted by molar-refractivity contribution is -0.385. The summed E-state index contributed by atoms with van der Waals surface area (Å²) in [6, 6.07) is 3.29. The average Bonchev–Trinajstić information content (AvgIpc) is 2.84. The molecule has 1 fully saturated rings. The van der Waals surface area contributed by atoms with Crippen LogP contribution in [0, 0.1) is 10.1 Å². The Kier molecular flexibility index (Phi) is 4.55. The summed E-state index contributed by atoms with van der Waals surface area (Å²) in [5, 5.41) is 15.8. The number of hydrogen-bond acceptors (Lipinski definition) is 5. The molecule has 7 nitrogen and oxygen atoms in total. The molecule has 1 unspecified atom stereocenters. The highest BCUT2D eigenvalue weighted by atomic mass is 19.3. The van der Waals surface area contributed by atoms with Crippen LogP contribution in [0.1, 0.15) is 12.0 Å². The molecule has 1 aliphatic rings. The van der Waals surface area contributed by atoms with Gasteiger partial charge < -0.3 is 10.1 Å². The number of nitro groups is 1. The number of carbonyl (C=O) groups excluding carboxylic acids is 1. The van der Waals surface area contributed by atoms with E-state index in [4.69, 9.17) is 4.74 Å². The van der Waals surface area contributed by atoms with E-state index in [1.807, 2.05) is 0 Å². The predicted octanol–water partition coefficient (Wildman–Crippen LogP) is 1.22. The normalized spacial score (nSPS) is 19.7. The number of methoxy groups -OCH3 is 1. The Bertz CT molecular complexity index is 595. The SMILES string of the molecule is COc1ccc(CNC(=O)C2CC(F)(F)CN2)cc1[N+](=O)[O-]. The van der Waals surface area contributed by atoms with Crippen LogP contribution in [0.15, 0.2) is 18.2 Å². The van der Waals surface area contributed by atoms with Crippen molar-refractivity contribution >= 4 is 11.6 Å². The Morgan fingerprint density at radius 1 is 1.59 bits per heavy atom. The lowest BCUT2D eigenvalue weighted by Crippen LogP contribution is -2.40. The van der Waals surface area contributed by atoms with Crippen molar-refractivity contribution in [2.75, 3.05) is 13.7 Å². The third-order valence-corrected chi connectivity index (χ3v) is 3.33. The highest BCUT2D eigenvalue weighted by Crippen LogP contribution is 2.28. The third kappa shape index (κ3) is 3.67. The quantitative estimate of drug-likeness (QED) is 0.629. The topological polar surface area (TPSA) is 93.5 Å². The summed E-state index contributed by atoms with van der Waals surface area (Å²) in [4.78, 5) is 22.1. The van der Waals surface area contributed by atoms with Gasteiger partial charge in [-0.1, -0.05) is 6.07 Å². The molecule has 0 saturated carbocycles. The first-order valence-electron chi connectivity index (χ1n) is 6.52. The predicted molar refractivity (Wildman–Crippen MR) is 72.8 cm³/mol. The molecule has 1 atom stereocenters.